The monoisotopic (exact) mass is 338 g/mol. The van der Waals surface area contributed by atoms with Crippen molar-refractivity contribution >= 4 is 23.4 Å². The summed E-state index contributed by atoms with van der Waals surface area (Å²) in [6.45, 7) is 4.38. The molecule has 0 atom stereocenters. The zero-order valence-electron chi connectivity index (χ0n) is 11.7. The summed E-state index contributed by atoms with van der Waals surface area (Å²) in [6.07, 6.45) is -5.08. The molecule has 1 aromatic heterocycles. The Morgan fingerprint density at radius 1 is 1.50 bits per heavy atom. The van der Waals surface area contributed by atoms with E-state index in [0.717, 1.165) is 0 Å². The van der Waals surface area contributed by atoms with Crippen molar-refractivity contribution in [2.75, 3.05) is 11.9 Å². The summed E-state index contributed by atoms with van der Waals surface area (Å²) in [4.78, 5) is 12.9. The van der Waals surface area contributed by atoms with Crippen molar-refractivity contribution in [1.82, 2.24) is 4.98 Å². The van der Waals surface area contributed by atoms with Crippen LogP contribution >= 0.6 is 11.6 Å². The van der Waals surface area contributed by atoms with Crippen molar-refractivity contribution < 1.29 is 23.1 Å². The van der Waals surface area contributed by atoms with Crippen LogP contribution in [0.15, 0.2) is 12.1 Å². The van der Waals surface area contributed by atoms with Crippen LogP contribution in [0.25, 0.3) is 0 Å². The molecule has 0 amide bonds. The van der Waals surface area contributed by atoms with Crippen LogP contribution in [-0.4, -0.2) is 34.3 Å². The number of rotatable bonds is 3. The largest absolute Gasteiger partial charge is 0.490 e. The Morgan fingerprint density at radius 3 is 2.36 bits per heavy atom. The van der Waals surface area contributed by atoms with Gasteiger partial charge < -0.3 is 16.2 Å². The van der Waals surface area contributed by atoms with Gasteiger partial charge in [-0.15, -0.1) is 0 Å². The average molecular weight is 339 g/mol. The maximum atomic E-state index is 10.6. The Kier molecular flexibility index (Phi) is 7.09. The van der Waals surface area contributed by atoms with E-state index in [2.05, 4.69) is 10.3 Å². The van der Waals surface area contributed by atoms with Crippen molar-refractivity contribution in [2.24, 2.45) is 5.73 Å². The highest BCUT2D eigenvalue weighted by atomic mass is 35.5. The number of aromatic nitrogens is 1. The topological polar surface area (TPSA) is 112 Å². The standard InChI is InChI=1S/C10H13ClN4.C2HF3O2/c1-10(2,13)6-14-9-4-3-7(11)8(5-12)15-9;3-2(4,5)1(6)7/h3-4H,6,13H2,1-2H3,(H,14,15);(H,6,7). The second-order valence-corrected chi connectivity index (χ2v) is 5.19. The van der Waals surface area contributed by atoms with Crippen LogP contribution in [0.3, 0.4) is 0 Å². The number of carboxylic acid groups (broad SMARTS) is 1. The Morgan fingerprint density at radius 2 is 2.00 bits per heavy atom. The van der Waals surface area contributed by atoms with Gasteiger partial charge in [-0.2, -0.15) is 18.4 Å². The van der Waals surface area contributed by atoms with Crippen LogP contribution in [0.4, 0.5) is 19.0 Å². The average Bonchev–Trinajstić information content (AvgIpc) is 2.36. The second kappa shape index (κ2) is 7.82. The van der Waals surface area contributed by atoms with E-state index in [-0.39, 0.29) is 11.2 Å². The molecule has 0 aliphatic rings. The molecule has 0 saturated heterocycles. The number of aliphatic carboxylic acids is 1. The van der Waals surface area contributed by atoms with E-state index in [0.29, 0.717) is 17.4 Å². The third-order valence-electron chi connectivity index (χ3n) is 1.92. The van der Waals surface area contributed by atoms with Crippen LogP contribution in [0.5, 0.6) is 0 Å². The van der Waals surface area contributed by atoms with Gasteiger partial charge in [0.05, 0.1) is 5.02 Å². The Bertz CT molecular complexity index is 565. The highest BCUT2D eigenvalue weighted by Gasteiger charge is 2.38. The molecule has 4 N–H and O–H groups in total. The van der Waals surface area contributed by atoms with Gasteiger partial charge in [0.1, 0.15) is 11.9 Å². The van der Waals surface area contributed by atoms with Gasteiger partial charge in [0.2, 0.25) is 0 Å². The van der Waals surface area contributed by atoms with Gasteiger partial charge >= 0.3 is 12.1 Å². The Labute approximate surface area is 129 Å². The molecule has 0 saturated carbocycles. The lowest BCUT2D eigenvalue weighted by Crippen LogP contribution is -2.39. The van der Waals surface area contributed by atoms with E-state index in [1.165, 1.54) is 0 Å². The fourth-order valence-electron chi connectivity index (χ4n) is 0.937. The molecular weight excluding hydrogens is 325 g/mol. The number of nitriles is 1. The van der Waals surface area contributed by atoms with Gasteiger partial charge in [-0.05, 0) is 26.0 Å². The predicted octanol–water partition coefficient (Wildman–Crippen LogP) is 2.39. The third kappa shape index (κ3) is 8.28. The molecule has 0 aliphatic carbocycles. The highest BCUT2D eigenvalue weighted by molar-refractivity contribution is 6.31. The van der Waals surface area contributed by atoms with Gasteiger partial charge in [-0.3, -0.25) is 0 Å². The zero-order valence-corrected chi connectivity index (χ0v) is 12.5. The molecule has 0 aromatic carbocycles. The molecule has 0 spiro atoms. The lowest BCUT2D eigenvalue weighted by Gasteiger charge is -2.19. The maximum absolute atomic E-state index is 10.6. The first kappa shape index (κ1) is 19.9. The number of hydrogen-bond donors (Lipinski definition) is 3. The van der Waals surface area contributed by atoms with E-state index in [1.54, 1.807) is 12.1 Å². The number of hydrogen-bond acceptors (Lipinski definition) is 5. The van der Waals surface area contributed by atoms with Crippen LogP contribution in [0, 0.1) is 11.3 Å². The normalized spacial score (nSPS) is 11.0. The molecule has 1 heterocycles. The smallest absolute Gasteiger partial charge is 0.475 e. The van der Waals surface area contributed by atoms with Crippen LogP contribution in [0.1, 0.15) is 19.5 Å². The van der Waals surface area contributed by atoms with Crippen LogP contribution < -0.4 is 11.1 Å². The van der Waals surface area contributed by atoms with Crippen molar-refractivity contribution in [1.29, 1.82) is 5.26 Å². The lowest BCUT2D eigenvalue weighted by molar-refractivity contribution is -0.192. The molecular formula is C12H14ClF3N4O2. The third-order valence-corrected chi connectivity index (χ3v) is 2.22. The molecule has 0 radical (unpaired) electrons. The SMILES string of the molecule is CC(C)(N)CNc1ccc(Cl)c(C#N)n1.O=C(O)C(F)(F)F. The lowest BCUT2D eigenvalue weighted by atomic mass is 10.1. The molecule has 0 unspecified atom stereocenters. The second-order valence-electron chi connectivity index (χ2n) is 4.78. The Balaban J connectivity index is 0.000000534. The summed E-state index contributed by atoms with van der Waals surface area (Å²) in [5.74, 6) is -2.15. The van der Waals surface area contributed by atoms with E-state index in [4.69, 9.17) is 32.5 Å². The summed E-state index contributed by atoms with van der Waals surface area (Å²) in [5, 5.41) is 19.2. The van der Waals surface area contributed by atoms with Gasteiger partial charge in [0, 0.05) is 12.1 Å². The molecule has 122 valence electrons. The van der Waals surface area contributed by atoms with E-state index < -0.39 is 12.1 Å². The number of carboxylic acids is 1. The quantitative estimate of drug-likeness (QED) is 0.780. The van der Waals surface area contributed by atoms with Gasteiger partial charge in [0.15, 0.2) is 5.69 Å². The van der Waals surface area contributed by atoms with E-state index >= 15 is 0 Å². The minimum Gasteiger partial charge on any atom is -0.475 e. The number of anilines is 1. The molecule has 0 bridgehead atoms. The fourth-order valence-corrected chi connectivity index (χ4v) is 1.08. The molecule has 0 fully saturated rings. The number of nitrogens with two attached hydrogens (primary N) is 1. The first-order valence-electron chi connectivity index (χ1n) is 5.76. The summed E-state index contributed by atoms with van der Waals surface area (Å²) < 4.78 is 31.7. The summed E-state index contributed by atoms with van der Waals surface area (Å²) in [7, 11) is 0. The van der Waals surface area contributed by atoms with Crippen molar-refractivity contribution in [3.05, 3.63) is 22.8 Å². The zero-order chi connectivity index (χ0) is 17.6. The molecule has 6 nitrogen and oxygen atoms in total. The summed E-state index contributed by atoms with van der Waals surface area (Å²) in [6, 6.07) is 5.27. The molecule has 0 aliphatic heterocycles. The number of halogens is 4. The van der Waals surface area contributed by atoms with Crippen LogP contribution in [-0.2, 0) is 4.79 Å². The number of pyridine rings is 1. The molecule has 1 rings (SSSR count). The van der Waals surface area contributed by atoms with Gasteiger partial charge in [0.25, 0.3) is 0 Å². The van der Waals surface area contributed by atoms with Gasteiger partial charge in [-0.25, -0.2) is 9.78 Å². The number of carbonyl (C=O) groups is 1. The molecule has 22 heavy (non-hydrogen) atoms. The van der Waals surface area contributed by atoms with E-state index in [9.17, 15) is 13.2 Å². The fraction of sp³-hybridized carbons (Fsp3) is 0.417. The first-order valence-corrected chi connectivity index (χ1v) is 6.14. The maximum Gasteiger partial charge on any atom is 0.490 e. The van der Waals surface area contributed by atoms with Crippen molar-refractivity contribution in [3.8, 4) is 6.07 Å². The van der Waals surface area contributed by atoms with Crippen LogP contribution in [0.2, 0.25) is 5.02 Å². The minimum absolute atomic E-state index is 0.219. The summed E-state index contributed by atoms with van der Waals surface area (Å²) in [5.41, 5.74) is 5.70. The Hall–Kier alpha value is -2.05. The highest BCUT2D eigenvalue weighted by Crippen LogP contribution is 2.16. The van der Waals surface area contributed by atoms with E-state index in [1.807, 2.05) is 19.9 Å². The van der Waals surface area contributed by atoms with Crippen molar-refractivity contribution in [2.45, 2.75) is 25.6 Å². The van der Waals surface area contributed by atoms with Gasteiger partial charge in [-0.1, -0.05) is 11.6 Å². The van der Waals surface area contributed by atoms with Crippen molar-refractivity contribution in [3.63, 3.8) is 0 Å². The number of nitrogens with zero attached hydrogens (tertiary/aromatic N) is 2. The minimum atomic E-state index is -5.08. The summed E-state index contributed by atoms with van der Waals surface area (Å²) >= 11 is 5.75. The first-order chi connectivity index (χ1) is 9.86. The number of alkyl halides is 3. The molecule has 1 aromatic rings. The molecule has 10 heteroatoms. The predicted molar refractivity (Wildman–Crippen MR) is 74.4 cm³/mol. The number of nitrogens with one attached hydrogen (secondary N) is 1.